The van der Waals surface area contributed by atoms with Crippen LogP contribution < -0.4 is 10.0 Å². The molecule has 0 atom stereocenters. The Hall–Kier alpha value is -2.18. The molecule has 2 aromatic rings. The van der Waals surface area contributed by atoms with Crippen LogP contribution >= 0.6 is 0 Å². The summed E-state index contributed by atoms with van der Waals surface area (Å²) in [5.74, 6) is -0.0644. The molecule has 2 aromatic carbocycles. The number of sulfonamides is 1. The number of aryl methyl sites for hydroxylation is 1. The number of hydrogen-bond donors (Lipinski definition) is 2. The second kappa shape index (κ2) is 9.34. The van der Waals surface area contributed by atoms with Crippen molar-refractivity contribution in [2.75, 3.05) is 13.1 Å². The van der Waals surface area contributed by atoms with Gasteiger partial charge in [0.05, 0.1) is 4.90 Å². The molecule has 0 radical (unpaired) electrons. The number of nitrogens with one attached hydrogen (secondary N) is 2. The van der Waals surface area contributed by atoms with Gasteiger partial charge in [0.1, 0.15) is 0 Å². The molecule has 5 nitrogen and oxygen atoms in total. The first-order chi connectivity index (χ1) is 12.0. The van der Waals surface area contributed by atoms with E-state index in [0.717, 1.165) is 12.0 Å². The Morgan fingerprint density at radius 1 is 0.960 bits per heavy atom. The van der Waals surface area contributed by atoms with E-state index in [-0.39, 0.29) is 17.3 Å². The third kappa shape index (κ3) is 6.68. The van der Waals surface area contributed by atoms with Crippen LogP contribution in [0, 0.1) is 6.92 Å². The molecule has 1 amide bonds. The summed E-state index contributed by atoms with van der Waals surface area (Å²) in [5.41, 5.74) is 2.18. The van der Waals surface area contributed by atoms with Gasteiger partial charge in [0, 0.05) is 19.5 Å². The maximum atomic E-state index is 12.1. The molecule has 0 spiro atoms. The van der Waals surface area contributed by atoms with Gasteiger partial charge in [-0.25, -0.2) is 13.1 Å². The Balaban J connectivity index is 1.65. The fourth-order valence-electron chi connectivity index (χ4n) is 2.34. The van der Waals surface area contributed by atoms with Gasteiger partial charge in [-0.1, -0.05) is 48.0 Å². The zero-order valence-electron chi connectivity index (χ0n) is 14.4. The summed E-state index contributed by atoms with van der Waals surface area (Å²) in [6.45, 7) is 2.72. The van der Waals surface area contributed by atoms with Crippen LogP contribution in [0.3, 0.4) is 0 Å². The number of hydrogen-bond acceptors (Lipinski definition) is 3. The van der Waals surface area contributed by atoms with E-state index in [1.165, 1.54) is 5.56 Å². The lowest BCUT2D eigenvalue weighted by Gasteiger charge is -2.08. The van der Waals surface area contributed by atoms with Crippen molar-refractivity contribution in [2.45, 2.75) is 31.1 Å². The molecule has 0 heterocycles. The number of amides is 1. The molecule has 0 unspecified atom stereocenters. The van der Waals surface area contributed by atoms with Crippen molar-refractivity contribution in [3.05, 3.63) is 65.7 Å². The minimum absolute atomic E-state index is 0.0644. The highest BCUT2D eigenvalue weighted by molar-refractivity contribution is 7.89. The molecule has 0 saturated heterocycles. The topological polar surface area (TPSA) is 75.3 Å². The van der Waals surface area contributed by atoms with Gasteiger partial charge in [-0.05, 0) is 37.5 Å². The molecule has 0 bridgehead atoms. The zero-order chi connectivity index (χ0) is 18.1. The highest BCUT2D eigenvalue weighted by atomic mass is 32.2. The fourth-order valence-corrected chi connectivity index (χ4v) is 3.41. The highest BCUT2D eigenvalue weighted by Gasteiger charge is 2.12. The van der Waals surface area contributed by atoms with E-state index in [1.807, 2.05) is 37.3 Å². The summed E-state index contributed by atoms with van der Waals surface area (Å²) >= 11 is 0. The summed E-state index contributed by atoms with van der Waals surface area (Å²) in [6, 6.07) is 16.6. The van der Waals surface area contributed by atoms with Crippen molar-refractivity contribution >= 4 is 15.9 Å². The van der Waals surface area contributed by atoms with Crippen LogP contribution in [-0.4, -0.2) is 27.4 Å². The highest BCUT2D eigenvalue weighted by Crippen LogP contribution is 2.09. The van der Waals surface area contributed by atoms with Crippen molar-refractivity contribution < 1.29 is 13.2 Å². The van der Waals surface area contributed by atoms with E-state index in [9.17, 15) is 13.2 Å². The molecule has 0 fully saturated rings. The first kappa shape index (κ1) is 19.1. The number of rotatable bonds is 9. The predicted molar refractivity (Wildman–Crippen MR) is 98.8 cm³/mol. The van der Waals surface area contributed by atoms with E-state index >= 15 is 0 Å². The largest absolute Gasteiger partial charge is 0.356 e. The molecule has 25 heavy (non-hydrogen) atoms. The Morgan fingerprint density at radius 3 is 2.32 bits per heavy atom. The Bertz CT molecular complexity index is 772. The molecule has 0 aliphatic rings. The lowest BCUT2D eigenvalue weighted by molar-refractivity contribution is -0.121. The lowest BCUT2D eigenvalue weighted by Crippen LogP contribution is -2.28. The number of carbonyl (C=O) groups is 1. The predicted octanol–water partition coefficient (Wildman–Crippen LogP) is 2.41. The third-order valence-corrected chi connectivity index (χ3v) is 5.26. The van der Waals surface area contributed by atoms with Crippen molar-refractivity contribution in [1.29, 1.82) is 0 Å². The van der Waals surface area contributed by atoms with Crippen LogP contribution in [0.1, 0.15) is 24.0 Å². The van der Waals surface area contributed by atoms with Crippen LogP contribution in [0.4, 0.5) is 0 Å². The SMILES string of the molecule is Cc1ccc(S(=O)(=O)NCCCC(=O)NCCc2ccccc2)cc1. The fraction of sp³-hybridized carbons (Fsp3) is 0.316. The molecule has 0 saturated carbocycles. The van der Waals surface area contributed by atoms with E-state index in [4.69, 9.17) is 0 Å². The Morgan fingerprint density at radius 2 is 1.64 bits per heavy atom. The first-order valence-electron chi connectivity index (χ1n) is 8.34. The van der Waals surface area contributed by atoms with Crippen molar-refractivity contribution in [1.82, 2.24) is 10.0 Å². The average Bonchev–Trinajstić information content (AvgIpc) is 2.60. The minimum Gasteiger partial charge on any atom is -0.356 e. The standard InChI is InChI=1S/C19H24N2O3S/c1-16-9-11-18(12-10-16)25(23,24)21-14-5-8-19(22)20-15-13-17-6-3-2-4-7-17/h2-4,6-7,9-12,21H,5,8,13-15H2,1H3,(H,20,22). The maximum absolute atomic E-state index is 12.1. The summed E-state index contributed by atoms with van der Waals surface area (Å²) in [4.78, 5) is 12.0. The van der Waals surface area contributed by atoms with Crippen LogP contribution in [0.25, 0.3) is 0 Å². The maximum Gasteiger partial charge on any atom is 0.240 e. The second-order valence-corrected chi connectivity index (χ2v) is 7.67. The van der Waals surface area contributed by atoms with Crippen LogP contribution in [0.15, 0.2) is 59.5 Å². The first-order valence-corrected chi connectivity index (χ1v) is 9.83. The van der Waals surface area contributed by atoms with Gasteiger partial charge in [0.25, 0.3) is 0 Å². The van der Waals surface area contributed by atoms with Gasteiger partial charge in [0.2, 0.25) is 15.9 Å². The summed E-state index contributed by atoms with van der Waals surface area (Å²) in [6.07, 6.45) is 1.54. The third-order valence-electron chi connectivity index (χ3n) is 3.78. The van der Waals surface area contributed by atoms with Gasteiger partial charge in [-0.15, -0.1) is 0 Å². The van der Waals surface area contributed by atoms with Crippen LogP contribution in [0.2, 0.25) is 0 Å². The zero-order valence-corrected chi connectivity index (χ0v) is 15.2. The Labute approximate surface area is 149 Å². The number of carbonyl (C=O) groups excluding carboxylic acids is 1. The molecular weight excluding hydrogens is 336 g/mol. The Kier molecular flexibility index (Phi) is 7.16. The quantitative estimate of drug-likeness (QED) is 0.674. The normalized spacial score (nSPS) is 11.2. The molecule has 134 valence electrons. The molecule has 0 aromatic heterocycles. The van der Waals surface area contributed by atoms with E-state index in [2.05, 4.69) is 10.0 Å². The monoisotopic (exact) mass is 360 g/mol. The minimum atomic E-state index is -3.51. The van der Waals surface area contributed by atoms with Crippen molar-refractivity contribution in [3.63, 3.8) is 0 Å². The van der Waals surface area contributed by atoms with E-state index in [1.54, 1.807) is 24.3 Å². The molecule has 6 heteroatoms. The number of benzene rings is 2. The molecule has 2 N–H and O–H groups in total. The molecule has 0 aliphatic carbocycles. The van der Waals surface area contributed by atoms with Crippen molar-refractivity contribution in [2.24, 2.45) is 0 Å². The lowest BCUT2D eigenvalue weighted by atomic mass is 10.1. The van der Waals surface area contributed by atoms with Crippen LogP contribution in [-0.2, 0) is 21.2 Å². The summed E-state index contributed by atoms with van der Waals surface area (Å²) < 4.78 is 26.7. The van der Waals surface area contributed by atoms with Gasteiger partial charge < -0.3 is 5.32 Å². The van der Waals surface area contributed by atoms with Gasteiger partial charge in [-0.2, -0.15) is 0 Å². The summed E-state index contributed by atoms with van der Waals surface area (Å²) in [5, 5.41) is 2.85. The van der Waals surface area contributed by atoms with Crippen molar-refractivity contribution in [3.8, 4) is 0 Å². The van der Waals surface area contributed by atoms with E-state index in [0.29, 0.717) is 19.4 Å². The van der Waals surface area contributed by atoms with Gasteiger partial charge in [0.15, 0.2) is 0 Å². The van der Waals surface area contributed by atoms with Crippen LogP contribution in [0.5, 0.6) is 0 Å². The molecule has 0 aliphatic heterocycles. The second-order valence-electron chi connectivity index (χ2n) is 5.90. The smallest absolute Gasteiger partial charge is 0.240 e. The molecule has 2 rings (SSSR count). The summed E-state index contributed by atoms with van der Waals surface area (Å²) in [7, 11) is -3.51. The molecular formula is C19H24N2O3S. The van der Waals surface area contributed by atoms with Gasteiger partial charge in [-0.3, -0.25) is 4.79 Å². The van der Waals surface area contributed by atoms with E-state index < -0.39 is 10.0 Å². The average molecular weight is 360 g/mol. The van der Waals surface area contributed by atoms with Gasteiger partial charge >= 0.3 is 0 Å².